The first kappa shape index (κ1) is 17.8. The lowest BCUT2D eigenvalue weighted by molar-refractivity contribution is -0.132. The fourth-order valence-electron chi connectivity index (χ4n) is 3.11. The Morgan fingerprint density at radius 1 is 1.07 bits per heavy atom. The highest BCUT2D eigenvalue weighted by Crippen LogP contribution is 2.15. The summed E-state index contributed by atoms with van der Waals surface area (Å²) in [4.78, 5) is 41.0. The van der Waals surface area contributed by atoms with Gasteiger partial charge in [0.2, 0.25) is 5.91 Å². The van der Waals surface area contributed by atoms with Crippen LogP contribution >= 0.6 is 0 Å². The highest BCUT2D eigenvalue weighted by molar-refractivity contribution is 5.76. The molecular formula is C18H20N8O2. The van der Waals surface area contributed by atoms with E-state index in [0.29, 0.717) is 37.7 Å². The van der Waals surface area contributed by atoms with Gasteiger partial charge in [-0.25, -0.2) is 19.6 Å². The molecule has 144 valence electrons. The van der Waals surface area contributed by atoms with Crippen LogP contribution in [0.25, 0.3) is 5.82 Å². The van der Waals surface area contributed by atoms with Crippen molar-refractivity contribution < 1.29 is 4.79 Å². The van der Waals surface area contributed by atoms with Crippen LogP contribution in [-0.4, -0.2) is 66.3 Å². The van der Waals surface area contributed by atoms with E-state index >= 15 is 0 Å². The van der Waals surface area contributed by atoms with Gasteiger partial charge in [-0.3, -0.25) is 14.2 Å². The first-order valence-corrected chi connectivity index (χ1v) is 8.98. The molecule has 1 amide bonds. The third-order valence-electron chi connectivity index (χ3n) is 4.66. The van der Waals surface area contributed by atoms with Crippen molar-refractivity contribution >= 4 is 11.7 Å². The Bertz CT molecular complexity index is 1020. The standard InChI is InChI=1S/C18H20N8O2/c1-14-9-17(27)25(13-21-14)11-18(28)24-7-5-23(6-8-24)15-10-16(20-12-19-15)26-4-2-3-22-26/h2-4,9-10,12-13H,5-8,11H2,1H3. The number of aryl methyl sites for hydroxylation is 1. The van der Waals surface area contributed by atoms with E-state index < -0.39 is 0 Å². The van der Waals surface area contributed by atoms with Crippen molar-refractivity contribution in [1.29, 1.82) is 0 Å². The summed E-state index contributed by atoms with van der Waals surface area (Å²) in [5.41, 5.74) is 0.424. The van der Waals surface area contributed by atoms with E-state index in [1.807, 2.05) is 18.3 Å². The van der Waals surface area contributed by atoms with E-state index in [-0.39, 0.29) is 18.0 Å². The Morgan fingerprint density at radius 3 is 2.57 bits per heavy atom. The Kier molecular flexibility index (Phi) is 4.83. The molecule has 1 saturated heterocycles. The number of anilines is 1. The largest absolute Gasteiger partial charge is 0.353 e. The van der Waals surface area contributed by atoms with Gasteiger partial charge in [-0.1, -0.05) is 0 Å². The van der Waals surface area contributed by atoms with Gasteiger partial charge in [-0.15, -0.1) is 0 Å². The summed E-state index contributed by atoms with van der Waals surface area (Å²) >= 11 is 0. The van der Waals surface area contributed by atoms with Crippen molar-refractivity contribution in [2.75, 3.05) is 31.1 Å². The van der Waals surface area contributed by atoms with Crippen molar-refractivity contribution in [2.24, 2.45) is 0 Å². The Morgan fingerprint density at radius 2 is 1.86 bits per heavy atom. The molecular weight excluding hydrogens is 360 g/mol. The van der Waals surface area contributed by atoms with Crippen molar-refractivity contribution in [2.45, 2.75) is 13.5 Å². The number of rotatable bonds is 4. The molecule has 0 saturated carbocycles. The van der Waals surface area contributed by atoms with Gasteiger partial charge in [0.05, 0.1) is 6.33 Å². The third kappa shape index (κ3) is 3.75. The van der Waals surface area contributed by atoms with Gasteiger partial charge >= 0.3 is 0 Å². The second-order valence-electron chi connectivity index (χ2n) is 6.55. The minimum Gasteiger partial charge on any atom is -0.353 e. The van der Waals surface area contributed by atoms with Crippen LogP contribution in [-0.2, 0) is 11.3 Å². The summed E-state index contributed by atoms with van der Waals surface area (Å²) in [6.45, 7) is 4.19. The molecule has 0 N–H and O–H groups in total. The molecule has 4 rings (SSSR count). The smallest absolute Gasteiger partial charge is 0.253 e. The molecule has 0 aromatic carbocycles. The van der Waals surface area contributed by atoms with Crippen LogP contribution in [0.4, 0.5) is 5.82 Å². The number of carbonyl (C=O) groups excluding carboxylic acids is 1. The van der Waals surface area contributed by atoms with Crippen molar-refractivity contribution in [3.05, 3.63) is 59.3 Å². The van der Waals surface area contributed by atoms with Gasteiger partial charge in [0.1, 0.15) is 18.7 Å². The van der Waals surface area contributed by atoms with E-state index in [1.54, 1.807) is 22.7 Å². The first-order valence-electron chi connectivity index (χ1n) is 8.98. The SMILES string of the molecule is Cc1cc(=O)n(CC(=O)N2CCN(c3cc(-n4cccn4)ncn3)CC2)cn1. The average Bonchev–Trinajstić information content (AvgIpc) is 3.25. The molecule has 0 atom stereocenters. The Balaban J connectivity index is 1.39. The second kappa shape index (κ2) is 7.59. The normalized spacial score (nSPS) is 14.3. The quantitative estimate of drug-likeness (QED) is 0.622. The minimum atomic E-state index is -0.216. The molecule has 3 aromatic rings. The predicted octanol–water partition coefficient (Wildman–Crippen LogP) is -0.124. The van der Waals surface area contributed by atoms with Gasteiger partial charge in [0.15, 0.2) is 5.82 Å². The molecule has 3 aromatic heterocycles. The first-order chi connectivity index (χ1) is 13.6. The number of hydrogen-bond acceptors (Lipinski definition) is 7. The predicted molar refractivity (Wildman–Crippen MR) is 101 cm³/mol. The lowest BCUT2D eigenvalue weighted by atomic mass is 10.3. The molecule has 1 fully saturated rings. The zero-order chi connectivity index (χ0) is 19.5. The molecule has 28 heavy (non-hydrogen) atoms. The summed E-state index contributed by atoms with van der Waals surface area (Å²) in [6, 6.07) is 5.14. The molecule has 1 aliphatic rings. The van der Waals surface area contributed by atoms with Crippen LogP contribution in [0.2, 0.25) is 0 Å². The van der Waals surface area contributed by atoms with Gasteiger partial charge in [0, 0.05) is 56.4 Å². The molecule has 0 aliphatic carbocycles. The maximum Gasteiger partial charge on any atom is 0.253 e. The average molecular weight is 380 g/mol. The van der Waals surface area contributed by atoms with Crippen molar-refractivity contribution in [3.8, 4) is 5.82 Å². The van der Waals surface area contributed by atoms with Crippen LogP contribution in [0, 0.1) is 6.92 Å². The van der Waals surface area contributed by atoms with Crippen LogP contribution in [0.5, 0.6) is 0 Å². The zero-order valence-corrected chi connectivity index (χ0v) is 15.5. The molecule has 0 bridgehead atoms. The number of carbonyl (C=O) groups is 1. The molecule has 0 spiro atoms. The molecule has 10 nitrogen and oxygen atoms in total. The Labute approximate surface area is 161 Å². The number of piperazine rings is 1. The lowest BCUT2D eigenvalue weighted by Gasteiger charge is -2.35. The summed E-state index contributed by atoms with van der Waals surface area (Å²) < 4.78 is 3.01. The highest BCUT2D eigenvalue weighted by atomic mass is 16.2. The van der Waals surface area contributed by atoms with Crippen molar-refractivity contribution in [3.63, 3.8) is 0 Å². The number of nitrogens with zero attached hydrogens (tertiary/aromatic N) is 8. The van der Waals surface area contributed by atoms with E-state index in [2.05, 4.69) is 25.0 Å². The van der Waals surface area contributed by atoms with Gasteiger partial charge in [0.25, 0.3) is 5.56 Å². The fraction of sp³-hybridized carbons (Fsp3) is 0.333. The summed E-state index contributed by atoms with van der Waals surface area (Å²) in [5, 5.41) is 4.18. The van der Waals surface area contributed by atoms with Gasteiger partial charge in [-0.2, -0.15) is 5.10 Å². The van der Waals surface area contributed by atoms with Crippen LogP contribution in [0.1, 0.15) is 5.69 Å². The summed E-state index contributed by atoms with van der Waals surface area (Å²) in [7, 11) is 0. The van der Waals surface area contributed by atoms with E-state index in [0.717, 1.165) is 5.82 Å². The van der Waals surface area contributed by atoms with Gasteiger partial charge < -0.3 is 9.80 Å². The molecule has 0 unspecified atom stereocenters. The second-order valence-corrected chi connectivity index (χ2v) is 6.55. The maximum absolute atomic E-state index is 12.5. The minimum absolute atomic E-state index is 0.00304. The number of aromatic nitrogens is 6. The lowest BCUT2D eigenvalue weighted by Crippen LogP contribution is -2.50. The number of hydrogen-bond donors (Lipinski definition) is 0. The van der Waals surface area contributed by atoms with Crippen LogP contribution < -0.4 is 10.5 Å². The Hall–Kier alpha value is -3.56. The fourth-order valence-corrected chi connectivity index (χ4v) is 3.11. The van der Waals surface area contributed by atoms with Crippen LogP contribution in [0.15, 0.2) is 48.0 Å². The summed E-state index contributed by atoms with van der Waals surface area (Å²) in [6.07, 6.45) is 6.45. The molecule has 0 radical (unpaired) electrons. The monoisotopic (exact) mass is 380 g/mol. The van der Waals surface area contributed by atoms with E-state index in [1.165, 1.54) is 23.3 Å². The van der Waals surface area contributed by atoms with E-state index in [9.17, 15) is 9.59 Å². The maximum atomic E-state index is 12.5. The molecule has 10 heteroatoms. The number of amides is 1. The highest BCUT2D eigenvalue weighted by Gasteiger charge is 2.22. The topological polar surface area (TPSA) is 102 Å². The third-order valence-corrected chi connectivity index (χ3v) is 4.66. The zero-order valence-electron chi connectivity index (χ0n) is 15.5. The summed E-state index contributed by atoms with van der Waals surface area (Å²) in [5.74, 6) is 1.40. The molecule has 4 heterocycles. The molecule has 1 aliphatic heterocycles. The van der Waals surface area contributed by atoms with E-state index in [4.69, 9.17) is 0 Å². The van der Waals surface area contributed by atoms with Gasteiger partial charge in [-0.05, 0) is 13.0 Å². The van der Waals surface area contributed by atoms with Crippen molar-refractivity contribution in [1.82, 2.24) is 34.2 Å². The van der Waals surface area contributed by atoms with Crippen LogP contribution in [0.3, 0.4) is 0 Å².